The van der Waals surface area contributed by atoms with E-state index in [2.05, 4.69) is 4.98 Å². The molecule has 0 unspecified atom stereocenters. The average Bonchev–Trinajstić information content (AvgIpc) is 2.87. The molecule has 0 radical (unpaired) electrons. The topological polar surface area (TPSA) is 65.2 Å². The van der Waals surface area contributed by atoms with E-state index in [1.54, 1.807) is 12.1 Å². The van der Waals surface area contributed by atoms with Gasteiger partial charge in [-0.05, 0) is 26.0 Å². The summed E-state index contributed by atoms with van der Waals surface area (Å²) < 4.78 is 42.8. The molecule has 0 atom stereocenters. The molecule has 0 saturated carbocycles. The van der Waals surface area contributed by atoms with Crippen molar-refractivity contribution >= 4 is 17.3 Å². The molecule has 0 amide bonds. The minimum Gasteiger partial charge on any atom is -0.425 e. The van der Waals surface area contributed by atoms with Crippen molar-refractivity contribution in [3.05, 3.63) is 35.3 Å². The zero-order chi connectivity index (χ0) is 16.5. The minimum atomic E-state index is -4.48. The summed E-state index contributed by atoms with van der Waals surface area (Å²) in [6, 6.07) is 6.12. The van der Waals surface area contributed by atoms with Gasteiger partial charge in [-0.2, -0.15) is 13.2 Å². The Hall–Kier alpha value is -1.93. The van der Waals surface area contributed by atoms with Gasteiger partial charge in [-0.15, -0.1) is 11.3 Å². The van der Waals surface area contributed by atoms with Gasteiger partial charge in [-0.1, -0.05) is 12.1 Å². The van der Waals surface area contributed by atoms with E-state index in [-0.39, 0.29) is 10.8 Å². The van der Waals surface area contributed by atoms with Crippen molar-refractivity contribution in [2.45, 2.75) is 25.6 Å². The third-order valence-corrected chi connectivity index (χ3v) is 3.50. The van der Waals surface area contributed by atoms with E-state index in [1.807, 2.05) is 0 Å². The maximum Gasteiger partial charge on any atom is 0.434 e. The Morgan fingerprint density at radius 3 is 2.55 bits per heavy atom. The zero-order valence-corrected chi connectivity index (χ0v) is 12.6. The van der Waals surface area contributed by atoms with Crippen LogP contribution in [0.1, 0.15) is 19.5 Å². The lowest BCUT2D eigenvalue weighted by atomic mass is 10.1. The number of rotatable bonds is 3. The highest BCUT2D eigenvalue weighted by atomic mass is 32.1. The standard InChI is InChI=1S/C14H13F3N2O2S/c1-13(2,18)12(20)21-9-5-3-4-8(6-9)11-19-10(7-22-11)14(15,16)17/h3-7H,18H2,1-2H3. The van der Waals surface area contributed by atoms with Crippen molar-refractivity contribution in [3.63, 3.8) is 0 Å². The predicted octanol–water partition coefficient (Wildman–Crippen LogP) is 3.47. The van der Waals surface area contributed by atoms with Crippen molar-refractivity contribution in [2.24, 2.45) is 5.73 Å². The van der Waals surface area contributed by atoms with Crippen molar-refractivity contribution in [3.8, 4) is 16.3 Å². The number of alkyl halides is 3. The third-order valence-electron chi connectivity index (χ3n) is 2.61. The van der Waals surface area contributed by atoms with Crippen molar-refractivity contribution in [1.29, 1.82) is 0 Å². The molecule has 2 N–H and O–H groups in total. The van der Waals surface area contributed by atoms with Crippen LogP contribution in [0.2, 0.25) is 0 Å². The molecule has 0 spiro atoms. The number of esters is 1. The largest absolute Gasteiger partial charge is 0.434 e. The smallest absolute Gasteiger partial charge is 0.425 e. The summed E-state index contributed by atoms with van der Waals surface area (Å²) in [6.45, 7) is 2.99. The fourth-order valence-electron chi connectivity index (χ4n) is 1.47. The fourth-order valence-corrected chi connectivity index (χ4v) is 2.29. The van der Waals surface area contributed by atoms with Crippen LogP contribution in [-0.4, -0.2) is 16.5 Å². The van der Waals surface area contributed by atoms with Gasteiger partial charge in [-0.25, -0.2) is 9.78 Å². The normalized spacial score (nSPS) is 12.3. The van der Waals surface area contributed by atoms with E-state index < -0.39 is 23.4 Å². The summed E-state index contributed by atoms with van der Waals surface area (Å²) in [4.78, 5) is 15.3. The fraction of sp³-hybridized carbons (Fsp3) is 0.286. The number of hydrogen-bond donors (Lipinski definition) is 1. The van der Waals surface area contributed by atoms with Gasteiger partial charge in [0.05, 0.1) is 0 Å². The monoisotopic (exact) mass is 330 g/mol. The van der Waals surface area contributed by atoms with Gasteiger partial charge in [0, 0.05) is 10.9 Å². The first kappa shape index (κ1) is 16.4. The summed E-state index contributed by atoms with van der Waals surface area (Å²) in [5.74, 6) is -0.440. The molecule has 0 saturated heterocycles. The second-order valence-corrected chi connectivity index (χ2v) is 6.03. The molecule has 0 fully saturated rings. The molecule has 2 aromatic rings. The van der Waals surface area contributed by atoms with Crippen LogP contribution in [0, 0.1) is 0 Å². The van der Waals surface area contributed by atoms with Crippen LogP contribution in [0.15, 0.2) is 29.6 Å². The first-order chi connectivity index (χ1) is 10.1. The van der Waals surface area contributed by atoms with Gasteiger partial charge in [0.1, 0.15) is 16.3 Å². The number of carbonyl (C=O) groups is 1. The van der Waals surface area contributed by atoms with Crippen LogP contribution >= 0.6 is 11.3 Å². The van der Waals surface area contributed by atoms with Gasteiger partial charge in [0.25, 0.3) is 0 Å². The minimum absolute atomic E-state index is 0.192. The Labute approximate surface area is 128 Å². The Morgan fingerprint density at radius 1 is 1.32 bits per heavy atom. The molecular formula is C14H13F3N2O2S. The van der Waals surface area contributed by atoms with Crippen LogP contribution in [0.5, 0.6) is 5.75 Å². The second-order valence-electron chi connectivity index (χ2n) is 5.17. The summed E-state index contributed by atoms with van der Waals surface area (Å²) in [5.41, 5.74) is 3.94. The van der Waals surface area contributed by atoms with E-state index in [1.165, 1.54) is 26.0 Å². The molecule has 0 aliphatic rings. The molecule has 2 rings (SSSR count). The van der Waals surface area contributed by atoms with E-state index in [9.17, 15) is 18.0 Å². The molecule has 0 aliphatic heterocycles. The van der Waals surface area contributed by atoms with Gasteiger partial charge in [0.15, 0.2) is 5.69 Å². The highest BCUT2D eigenvalue weighted by Crippen LogP contribution is 2.34. The molecular weight excluding hydrogens is 317 g/mol. The Kier molecular flexibility index (Phi) is 4.25. The van der Waals surface area contributed by atoms with Crippen LogP contribution in [0.25, 0.3) is 10.6 Å². The second kappa shape index (κ2) is 5.69. The van der Waals surface area contributed by atoms with Crippen molar-refractivity contribution < 1.29 is 22.7 Å². The average molecular weight is 330 g/mol. The van der Waals surface area contributed by atoms with Gasteiger partial charge in [0.2, 0.25) is 0 Å². The molecule has 4 nitrogen and oxygen atoms in total. The number of hydrogen-bond acceptors (Lipinski definition) is 5. The number of benzene rings is 1. The van der Waals surface area contributed by atoms with Crippen molar-refractivity contribution in [1.82, 2.24) is 4.98 Å². The van der Waals surface area contributed by atoms with E-state index in [0.29, 0.717) is 5.56 Å². The lowest BCUT2D eigenvalue weighted by Crippen LogP contribution is -2.44. The maximum atomic E-state index is 12.6. The highest BCUT2D eigenvalue weighted by Gasteiger charge is 2.33. The quantitative estimate of drug-likeness (QED) is 0.691. The first-order valence-corrected chi connectivity index (χ1v) is 7.09. The van der Waals surface area contributed by atoms with Crippen LogP contribution in [0.3, 0.4) is 0 Å². The van der Waals surface area contributed by atoms with Gasteiger partial charge >= 0.3 is 12.1 Å². The van der Waals surface area contributed by atoms with Gasteiger partial charge in [-0.3, -0.25) is 0 Å². The van der Waals surface area contributed by atoms with E-state index >= 15 is 0 Å². The third kappa shape index (κ3) is 3.83. The number of carbonyl (C=O) groups excluding carboxylic acids is 1. The molecule has 0 bridgehead atoms. The van der Waals surface area contributed by atoms with E-state index in [4.69, 9.17) is 10.5 Å². The summed E-state index contributed by atoms with van der Waals surface area (Å²) in [6.07, 6.45) is -4.48. The summed E-state index contributed by atoms with van der Waals surface area (Å²) >= 11 is 0.866. The zero-order valence-electron chi connectivity index (χ0n) is 11.8. The summed E-state index contributed by atoms with van der Waals surface area (Å²) in [7, 11) is 0. The Morgan fingerprint density at radius 2 is 2.00 bits per heavy atom. The predicted molar refractivity (Wildman–Crippen MR) is 76.5 cm³/mol. The molecule has 1 aromatic carbocycles. The molecule has 1 heterocycles. The first-order valence-electron chi connectivity index (χ1n) is 6.22. The van der Waals surface area contributed by atoms with Crippen LogP contribution < -0.4 is 10.5 Å². The number of nitrogens with zero attached hydrogens (tertiary/aromatic N) is 1. The number of ether oxygens (including phenoxy) is 1. The number of thiazole rings is 1. The number of halogens is 3. The summed E-state index contributed by atoms with van der Waals surface area (Å²) in [5, 5.41) is 1.13. The van der Waals surface area contributed by atoms with E-state index in [0.717, 1.165) is 16.7 Å². The number of aromatic nitrogens is 1. The lowest BCUT2D eigenvalue weighted by Gasteiger charge is -2.16. The Bertz CT molecular complexity index is 690. The molecule has 0 aliphatic carbocycles. The molecule has 1 aromatic heterocycles. The van der Waals surface area contributed by atoms with Crippen molar-refractivity contribution in [2.75, 3.05) is 0 Å². The molecule has 22 heavy (non-hydrogen) atoms. The lowest BCUT2D eigenvalue weighted by molar-refractivity contribution is -0.141. The maximum absolute atomic E-state index is 12.6. The van der Waals surface area contributed by atoms with Gasteiger partial charge < -0.3 is 10.5 Å². The Balaban J connectivity index is 2.25. The molecule has 118 valence electrons. The SMILES string of the molecule is CC(C)(N)C(=O)Oc1cccc(-c2nc(C(F)(F)F)cs2)c1. The molecule has 8 heteroatoms. The van der Waals surface area contributed by atoms with Crippen LogP contribution in [-0.2, 0) is 11.0 Å². The van der Waals surface area contributed by atoms with Crippen LogP contribution in [0.4, 0.5) is 13.2 Å². The highest BCUT2D eigenvalue weighted by molar-refractivity contribution is 7.13. The number of nitrogens with two attached hydrogens (primary N) is 1.